The molecule has 0 radical (unpaired) electrons. The van der Waals surface area contributed by atoms with Crippen molar-refractivity contribution in [1.29, 1.82) is 0 Å². The van der Waals surface area contributed by atoms with Crippen LogP contribution in [0.2, 0.25) is 0 Å². The van der Waals surface area contributed by atoms with E-state index in [9.17, 15) is 4.79 Å². The lowest BCUT2D eigenvalue weighted by molar-refractivity contribution is -0.122. The van der Waals surface area contributed by atoms with E-state index in [2.05, 4.69) is 5.32 Å². The van der Waals surface area contributed by atoms with Crippen LogP contribution in [-0.2, 0) is 4.79 Å². The van der Waals surface area contributed by atoms with Gasteiger partial charge in [0.2, 0.25) is 0 Å². The fourth-order valence-electron chi connectivity index (χ4n) is 2.59. The molecule has 0 aliphatic carbocycles. The Morgan fingerprint density at radius 1 is 0.958 bits per heavy atom. The fraction of sp³-hybridized carbons (Fsp3) is 0.190. The van der Waals surface area contributed by atoms with Crippen molar-refractivity contribution in [3.63, 3.8) is 0 Å². The number of hydrogen-bond donors (Lipinski definition) is 1. The lowest BCUT2D eigenvalue weighted by Crippen LogP contribution is -2.30. The van der Waals surface area contributed by atoms with Crippen LogP contribution >= 0.6 is 0 Å². The maximum atomic E-state index is 12.4. The standard InChI is InChI=1S/C21H21NO2/c1-14-8-9-15(2)20(12-14)24-16(3)21(23)22-19-11-10-17-6-4-5-7-18(17)13-19/h4-13,16H,1-3H3,(H,22,23)/t16-/m0/s1. The average molecular weight is 319 g/mol. The first-order valence-corrected chi connectivity index (χ1v) is 8.06. The zero-order chi connectivity index (χ0) is 17.1. The van der Waals surface area contributed by atoms with E-state index in [0.717, 1.165) is 33.3 Å². The van der Waals surface area contributed by atoms with E-state index < -0.39 is 6.10 Å². The maximum absolute atomic E-state index is 12.4. The van der Waals surface area contributed by atoms with E-state index in [-0.39, 0.29) is 5.91 Å². The van der Waals surface area contributed by atoms with E-state index in [1.807, 2.05) is 74.5 Å². The molecule has 0 unspecified atom stereocenters. The quantitative estimate of drug-likeness (QED) is 0.745. The van der Waals surface area contributed by atoms with Crippen LogP contribution in [0.4, 0.5) is 5.69 Å². The zero-order valence-electron chi connectivity index (χ0n) is 14.2. The van der Waals surface area contributed by atoms with Gasteiger partial charge in [0, 0.05) is 5.69 Å². The highest BCUT2D eigenvalue weighted by molar-refractivity contribution is 5.96. The Kier molecular flexibility index (Phi) is 4.52. The summed E-state index contributed by atoms with van der Waals surface area (Å²) >= 11 is 0. The van der Waals surface area contributed by atoms with Crippen molar-refractivity contribution in [2.75, 3.05) is 5.32 Å². The first kappa shape index (κ1) is 16.1. The molecule has 0 aliphatic rings. The molecule has 3 nitrogen and oxygen atoms in total. The molecular formula is C21H21NO2. The van der Waals surface area contributed by atoms with Crippen LogP contribution in [0.1, 0.15) is 18.1 Å². The van der Waals surface area contributed by atoms with Gasteiger partial charge in [-0.2, -0.15) is 0 Å². The molecule has 0 saturated carbocycles. The number of hydrogen-bond acceptors (Lipinski definition) is 2. The van der Waals surface area contributed by atoms with Crippen LogP contribution in [0.25, 0.3) is 10.8 Å². The van der Waals surface area contributed by atoms with Gasteiger partial charge in [-0.15, -0.1) is 0 Å². The van der Waals surface area contributed by atoms with Crippen LogP contribution in [0.15, 0.2) is 60.7 Å². The second-order valence-electron chi connectivity index (χ2n) is 6.08. The first-order valence-electron chi connectivity index (χ1n) is 8.06. The minimum absolute atomic E-state index is 0.161. The molecule has 0 aromatic heterocycles. The van der Waals surface area contributed by atoms with Gasteiger partial charge in [0.15, 0.2) is 6.10 Å². The van der Waals surface area contributed by atoms with Gasteiger partial charge in [0.25, 0.3) is 5.91 Å². The van der Waals surface area contributed by atoms with E-state index >= 15 is 0 Å². The number of carbonyl (C=O) groups is 1. The summed E-state index contributed by atoms with van der Waals surface area (Å²) in [6.07, 6.45) is -0.572. The molecular weight excluding hydrogens is 298 g/mol. The number of nitrogens with one attached hydrogen (secondary N) is 1. The Hall–Kier alpha value is -2.81. The largest absolute Gasteiger partial charge is 0.481 e. The predicted molar refractivity (Wildman–Crippen MR) is 98.6 cm³/mol. The van der Waals surface area contributed by atoms with Gasteiger partial charge in [-0.25, -0.2) is 0 Å². The monoisotopic (exact) mass is 319 g/mol. The number of benzene rings is 3. The molecule has 0 saturated heterocycles. The lowest BCUT2D eigenvalue weighted by atomic mass is 10.1. The molecule has 24 heavy (non-hydrogen) atoms. The summed E-state index contributed by atoms with van der Waals surface area (Å²) < 4.78 is 5.84. The van der Waals surface area contributed by atoms with Crippen molar-refractivity contribution < 1.29 is 9.53 Å². The summed E-state index contributed by atoms with van der Waals surface area (Å²) in [4.78, 5) is 12.4. The summed E-state index contributed by atoms with van der Waals surface area (Å²) in [5, 5.41) is 5.17. The van der Waals surface area contributed by atoms with Crippen LogP contribution in [0.5, 0.6) is 5.75 Å². The number of fused-ring (bicyclic) bond motifs is 1. The molecule has 1 atom stereocenters. The summed E-state index contributed by atoms with van der Waals surface area (Å²) in [7, 11) is 0. The molecule has 0 aliphatic heterocycles. The number of amides is 1. The highest BCUT2D eigenvalue weighted by Gasteiger charge is 2.16. The first-order chi connectivity index (χ1) is 11.5. The van der Waals surface area contributed by atoms with Gasteiger partial charge in [-0.3, -0.25) is 4.79 Å². The molecule has 1 N–H and O–H groups in total. The lowest BCUT2D eigenvalue weighted by Gasteiger charge is -2.17. The molecule has 0 fully saturated rings. The summed E-state index contributed by atoms with van der Waals surface area (Å²) in [5.41, 5.74) is 2.90. The highest BCUT2D eigenvalue weighted by Crippen LogP contribution is 2.22. The summed E-state index contributed by atoms with van der Waals surface area (Å²) in [5.74, 6) is 0.586. The van der Waals surface area contributed by atoms with Crippen LogP contribution in [0, 0.1) is 13.8 Å². The minimum atomic E-state index is -0.572. The molecule has 0 spiro atoms. The van der Waals surface area contributed by atoms with Gasteiger partial charge in [-0.05, 0) is 60.9 Å². The van der Waals surface area contributed by atoms with Gasteiger partial charge >= 0.3 is 0 Å². The number of rotatable bonds is 4. The van der Waals surface area contributed by atoms with Gasteiger partial charge in [0.05, 0.1) is 0 Å². The Labute approximate surface area is 142 Å². The topological polar surface area (TPSA) is 38.3 Å². The van der Waals surface area contributed by atoms with Crippen molar-refractivity contribution in [2.45, 2.75) is 26.9 Å². The van der Waals surface area contributed by atoms with Crippen LogP contribution in [0.3, 0.4) is 0 Å². The third-order valence-electron chi connectivity index (χ3n) is 4.03. The molecule has 3 aromatic carbocycles. The predicted octanol–water partition coefficient (Wildman–Crippen LogP) is 4.86. The van der Waals surface area contributed by atoms with E-state index in [0.29, 0.717) is 0 Å². The van der Waals surface area contributed by atoms with Crippen molar-refractivity contribution >= 4 is 22.4 Å². The van der Waals surface area contributed by atoms with Crippen molar-refractivity contribution in [1.82, 2.24) is 0 Å². The van der Waals surface area contributed by atoms with Gasteiger partial charge in [0.1, 0.15) is 5.75 Å². The van der Waals surface area contributed by atoms with E-state index in [1.165, 1.54) is 0 Å². The van der Waals surface area contributed by atoms with E-state index in [4.69, 9.17) is 4.74 Å². The molecule has 0 heterocycles. The normalized spacial score (nSPS) is 12.0. The molecule has 3 aromatic rings. The Bertz CT molecular complexity index is 886. The number of aryl methyl sites for hydroxylation is 2. The second-order valence-corrected chi connectivity index (χ2v) is 6.08. The van der Waals surface area contributed by atoms with E-state index in [1.54, 1.807) is 6.92 Å². The van der Waals surface area contributed by atoms with Crippen molar-refractivity contribution in [2.24, 2.45) is 0 Å². The van der Waals surface area contributed by atoms with Crippen LogP contribution < -0.4 is 10.1 Å². The third-order valence-corrected chi connectivity index (χ3v) is 4.03. The highest BCUT2D eigenvalue weighted by atomic mass is 16.5. The van der Waals surface area contributed by atoms with Crippen molar-refractivity contribution in [3.8, 4) is 5.75 Å². The third kappa shape index (κ3) is 3.57. The minimum Gasteiger partial charge on any atom is -0.481 e. The Morgan fingerprint density at radius 3 is 2.50 bits per heavy atom. The Balaban J connectivity index is 1.72. The van der Waals surface area contributed by atoms with Gasteiger partial charge in [-0.1, -0.05) is 42.5 Å². The molecule has 1 amide bonds. The number of anilines is 1. The zero-order valence-corrected chi connectivity index (χ0v) is 14.2. The smallest absolute Gasteiger partial charge is 0.265 e. The van der Waals surface area contributed by atoms with Gasteiger partial charge < -0.3 is 10.1 Å². The fourth-order valence-corrected chi connectivity index (χ4v) is 2.59. The molecule has 3 heteroatoms. The molecule has 0 bridgehead atoms. The molecule has 122 valence electrons. The van der Waals surface area contributed by atoms with Crippen molar-refractivity contribution in [3.05, 3.63) is 71.8 Å². The Morgan fingerprint density at radius 2 is 1.71 bits per heavy atom. The summed E-state index contributed by atoms with van der Waals surface area (Å²) in [6.45, 7) is 5.74. The SMILES string of the molecule is Cc1ccc(C)c(O[C@@H](C)C(=O)Nc2ccc3ccccc3c2)c1. The number of ether oxygens (including phenoxy) is 1. The second kappa shape index (κ2) is 6.75. The summed E-state index contributed by atoms with van der Waals surface area (Å²) in [6, 6.07) is 19.9. The van der Waals surface area contributed by atoms with Crippen LogP contribution in [-0.4, -0.2) is 12.0 Å². The average Bonchev–Trinajstić information content (AvgIpc) is 2.58. The maximum Gasteiger partial charge on any atom is 0.265 e. The molecule has 3 rings (SSSR count). The number of carbonyl (C=O) groups excluding carboxylic acids is 1.